The van der Waals surface area contributed by atoms with Crippen molar-refractivity contribution < 1.29 is 22.7 Å². The fourth-order valence-corrected chi connectivity index (χ4v) is 1.36. The van der Waals surface area contributed by atoms with Crippen LogP contribution in [0.1, 0.15) is 11.7 Å². The van der Waals surface area contributed by atoms with Crippen LogP contribution in [0.25, 0.3) is 0 Å². The molecule has 1 nitrogen and oxygen atoms in total. The predicted octanol–water partition coefficient (Wildman–Crippen LogP) is 3.18. The molecule has 1 rings (SSSR count). The Kier molecular flexibility index (Phi) is 3.16. The quantitative estimate of drug-likeness (QED) is 0.779. The van der Waals surface area contributed by atoms with Gasteiger partial charge in [-0.3, -0.25) is 0 Å². The Balaban J connectivity index is 3.12. The first-order valence-electron chi connectivity index (χ1n) is 3.52. The van der Waals surface area contributed by atoms with Crippen molar-refractivity contribution >= 4 is 15.9 Å². The van der Waals surface area contributed by atoms with Crippen molar-refractivity contribution in [1.29, 1.82) is 0 Å². The average molecular weight is 273 g/mol. The number of halogens is 5. The molecule has 14 heavy (non-hydrogen) atoms. The van der Waals surface area contributed by atoms with Gasteiger partial charge in [0.2, 0.25) is 0 Å². The SMILES string of the molecule is OC(c1cc(F)ccc1Br)C(F)(F)F. The van der Waals surface area contributed by atoms with E-state index in [1.54, 1.807) is 0 Å². The number of hydrogen-bond donors (Lipinski definition) is 1. The van der Waals surface area contributed by atoms with Crippen molar-refractivity contribution in [3.05, 3.63) is 34.1 Å². The van der Waals surface area contributed by atoms with E-state index in [-0.39, 0.29) is 4.47 Å². The van der Waals surface area contributed by atoms with E-state index in [1.807, 2.05) is 0 Å². The third-order valence-corrected chi connectivity index (χ3v) is 2.28. The van der Waals surface area contributed by atoms with Gasteiger partial charge in [-0.2, -0.15) is 13.2 Å². The van der Waals surface area contributed by atoms with E-state index in [0.717, 1.165) is 12.1 Å². The van der Waals surface area contributed by atoms with Crippen LogP contribution in [0.5, 0.6) is 0 Å². The van der Waals surface area contributed by atoms with Crippen molar-refractivity contribution in [2.24, 2.45) is 0 Å². The first-order chi connectivity index (χ1) is 6.32. The van der Waals surface area contributed by atoms with Gasteiger partial charge < -0.3 is 5.11 Å². The molecule has 0 aromatic heterocycles. The maximum atomic E-state index is 12.6. The molecule has 1 N–H and O–H groups in total. The maximum absolute atomic E-state index is 12.6. The Hall–Kier alpha value is -0.620. The molecule has 78 valence electrons. The molecule has 1 unspecified atom stereocenters. The van der Waals surface area contributed by atoms with Gasteiger partial charge in [0.05, 0.1) is 0 Å². The molecule has 0 fully saturated rings. The Morgan fingerprint density at radius 1 is 1.29 bits per heavy atom. The van der Waals surface area contributed by atoms with Crippen molar-refractivity contribution in [1.82, 2.24) is 0 Å². The second kappa shape index (κ2) is 3.86. The maximum Gasteiger partial charge on any atom is 0.418 e. The summed E-state index contributed by atoms with van der Waals surface area (Å²) >= 11 is 2.80. The van der Waals surface area contributed by atoms with Gasteiger partial charge in [0.1, 0.15) is 5.82 Å². The standard InChI is InChI=1S/C8H5BrF4O/c9-6-2-1-4(10)3-5(6)7(14)8(11,12)13/h1-3,7,14H. The van der Waals surface area contributed by atoms with E-state index in [0.29, 0.717) is 6.07 Å². The second-order valence-corrected chi connectivity index (χ2v) is 3.46. The van der Waals surface area contributed by atoms with Crippen LogP contribution < -0.4 is 0 Å². The summed E-state index contributed by atoms with van der Waals surface area (Å²) in [6, 6.07) is 2.75. The van der Waals surface area contributed by atoms with E-state index in [1.165, 1.54) is 0 Å². The molecule has 6 heteroatoms. The minimum Gasteiger partial charge on any atom is -0.379 e. The van der Waals surface area contributed by atoms with Crippen LogP contribution in [0.4, 0.5) is 17.6 Å². The predicted molar refractivity (Wildman–Crippen MR) is 45.1 cm³/mol. The highest BCUT2D eigenvalue weighted by Crippen LogP contribution is 2.36. The third-order valence-electron chi connectivity index (χ3n) is 1.56. The molecule has 0 heterocycles. The van der Waals surface area contributed by atoms with Crippen LogP contribution in [0.2, 0.25) is 0 Å². The average Bonchev–Trinajstić information content (AvgIpc) is 2.06. The molecule has 1 aromatic rings. The van der Waals surface area contributed by atoms with Gasteiger partial charge in [-0.15, -0.1) is 0 Å². The summed E-state index contributed by atoms with van der Waals surface area (Å²) in [6.45, 7) is 0. The van der Waals surface area contributed by atoms with Gasteiger partial charge in [0, 0.05) is 10.0 Å². The lowest BCUT2D eigenvalue weighted by atomic mass is 10.1. The molecule has 0 saturated heterocycles. The van der Waals surface area contributed by atoms with Crippen molar-refractivity contribution in [3.63, 3.8) is 0 Å². The van der Waals surface area contributed by atoms with Gasteiger partial charge in [-0.1, -0.05) is 15.9 Å². The summed E-state index contributed by atoms with van der Waals surface area (Å²) in [6.07, 6.45) is -7.47. The Morgan fingerprint density at radius 2 is 1.86 bits per heavy atom. The first-order valence-corrected chi connectivity index (χ1v) is 4.31. The zero-order valence-corrected chi connectivity index (χ0v) is 8.23. The molecular formula is C8H5BrF4O. The monoisotopic (exact) mass is 272 g/mol. The van der Waals surface area contributed by atoms with E-state index in [2.05, 4.69) is 15.9 Å². The van der Waals surface area contributed by atoms with Crippen LogP contribution in [0.15, 0.2) is 22.7 Å². The fourth-order valence-electron chi connectivity index (χ4n) is 0.900. The smallest absolute Gasteiger partial charge is 0.379 e. The normalized spacial score (nSPS) is 14.1. The van der Waals surface area contributed by atoms with Crippen LogP contribution in [0.3, 0.4) is 0 Å². The molecule has 0 radical (unpaired) electrons. The molecule has 0 aliphatic carbocycles. The molecular weight excluding hydrogens is 268 g/mol. The molecule has 0 spiro atoms. The topological polar surface area (TPSA) is 20.2 Å². The van der Waals surface area contributed by atoms with Crippen molar-refractivity contribution in [2.45, 2.75) is 12.3 Å². The number of rotatable bonds is 1. The number of aliphatic hydroxyl groups is 1. The van der Waals surface area contributed by atoms with E-state index in [4.69, 9.17) is 5.11 Å². The summed E-state index contributed by atoms with van der Waals surface area (Å²) in [7, 11) is 0. The molecule has 0 aliphatic heterocycles. The van der Waals surface area contributed by atoms with E-state index >= 15 is 0 Å². The van der Waals surface area contributed by atoms with Gasteiger partial charge >= 0.3 is 6.18 Å². The molecule has 1 atom stereocenters. The highest BCUT2D eigenvalue weighted by molar-refractivity contribution is 9.10. The molecule has 0 bridgehead atoms. The molecule has 0 aliphatic rings. The third kappa shape index (κ3) is 2.45. The number of aliphatic hydroxyl groups excluding tert-OH is 1. The summed E-state index contributed by atoms with van der Waals surface area (Å²) in [4.78, 5) is 0. The Labute approximate surface area is 85.5 Å². The largest absolute Gasteiger partial charge is 0.418 e. The van der Waals surface area contributed by atoms with Crippen LogP contribution >= 0.6 is 15.9 Å². The second-order valence-electron chi connectivity index (χ2n) is 2.61. The van der Waals surface area contributed by atoms with Crippen LogP contribution in [0, 0.1) is 5.82 Å². The summed E-state index contributed by atoms with van der Waals surface area (Å²) < 4.78 is 48.8. The van der Waals surface area contributed by atoms with Crippen LogP contribution in [-0.2, 0) is 0 Å². The minimum atomic E-state index is -4.80. The zero-order valence-electron chi connectivity index (χ0n) is 6.65. The lowest BCUT2D eigenvalue weighted by molar-refractivity contribution is -0.207. The number of alkyl halides is 3. The van der Waals surface area contributed by atoms with E-state index < -0.39 is 23.7 Å². The van der Waals surface area contributed by atoms with Crippen molar-refractivity contribution in [2.75, 3.05) is 0 Å². The first kappa shape index (κ1) is 11.5. The summed E-state index contributed by atoms with van der Waals surface area (Å²) in [5, 5.41) is 8.84. The molecule has 0 saturated carbocycles. The van der Waals surface area contributed by atoms with Gasteiger partial charge in [-0.25, -0.2) is 4.39 Å². The highest BCUT2D eigenvalue weighted by Gasteiger charge is 2.40. The lowest BCUT2D eigenvalue weighted by Crippen LogP contribution is -2.20. The van der Waals surface area contributed by atoms with Crippen LogP contribution in [-0.4, -0.2) is 11.3 Å². The van der Waals surface area contributed by atoms with Gasteiger partial charge in [0.15, 0.2) is 6.10 Å². The minimum absolute atomic E-state index is 0.0173. The Bertz CT molecular complexity index is 337. The molecule has 1 aromatic carbocycles. The Morgan fingerprint density at radius 3 is 2.36 bits per heavy atom. The highest BCUT2D eigenvalue weighted by atomic mass is 79.9. The van der Waals surface area contributed by atoms with Gasteiger partial charge in [-0.05, 0) is 18.2 Å². The number of hydrogen-bond acceptors (Lipinski definition) is 1. The number of benzene rings is 1. The zero-order chi connectivity index (χ0) is 10.9. The fraction of sp³-hybridized carbons (Fsp3) is 0.250. The summed E-state index contributed by atoms with van der Waals surface area (Å²) in [5.41, 5.74) is -0.530. The lowest BCUT2D eigenvalue weighted by Gasteiger charge is -2.15. The molecule has 0 amide bonds. The van der Waals surface area contributed by atoms with Crippen molar-refractivity contribution in [3.8, 4) is 0 Å². The van der Waals surface area contributed by atoms with Gasteiger partial charge in [0.25, 0.3) is 0 Å². The van der Waals surface area contributed by atoms with E-state index in [9.17, 15) is 17.6 Å². The summed E-state index contributed by atoms with van der Waals surface area (Å²) in [5.74, 6) is -0.827.